The third kappa shape index (κ3) is 4.21. The summed E-state index contributed by atoms with van der Waals surface area (Å²) in [4.78, 5) is 36.4. The van der Waals surface area contributed by atoms with Crippen molar-refractivity contribution in [2.75, 3.05) is 36.5 Å². The minimum absolute atomic E-state index is 0.0299. The number of halogens is 1. The lowest BCUT2D eigenvalue weighted by atomic mass is 10.1. The summed E-state index contributed by atoms with van der Waals surface area (Å²) in [7, 11) is 0. The summed E-state index contributed by atoms with van der Waals surface area (Å²) in [6, 6.07) is 8.09. The lowest BCUT2D eigenvalue weighted by molar-refractivity contribution is -0.384. The van der Waals surface area contributed by atoms with E-state index in [-0.39, 0.29) is 27.5 Å². The Labute approximate surface area is 164 Å². The lowest BCUT2D eigenvalue weighted by Gasteiger charge is -2.30. The van der Waals surface area contributed by atoms with E-state index in [1.54, 1.807) is 6.07 Å². The molecule has 1 heterocycles. The van der Waals surface area contributed by atoms with E-state index in [1.807, 2.05) is 4.90 Å². The number of nitrogens with zero attached hydrogens (tertiary/aromatic N) is 2. The third-order valence-corrected chi connectivity index (χ3v) is 4.56. The lowest BCUT2D eigenvalue weighted by Crippen LogP contribution is -2.37. The van der Waals surface area contributed by atoms with Gasteiger partial charge in [0.05, 0.1) is 40.0 Å². The summed E-state index contributed by atoms with van der Waals surface area (Å²) in [5.41, 5.74) is 0.666. The number of rotatable bonds is 5. The molecule has 0 radical (unpaired) electrons. The van der Waals surface area contributed by atoms with Crippen molar-refractivity contribution in [2.24, 2.45) is 0 Å². The van der Waals surface area contributed by atoms with E-state index >= 15 is 0 Å². The van der Waals surface area contributed by atoms with Gasteiger partial charge in [-0.05, 0) is 24.3 Å². The molecule has 10 heteroatoms. The Morgan fingerprint density at radius 2 is 1.86 bits per heavy atom. The van der Waals surface area contributed by atoms with Crippen LogP contribution in [0.15, 0.2) is 36.4 Å². The maximum atomic E-state index is 12.8. The van der Waals surface area contributed by atoms with E-state index in [0.717, 1.165) is 0 Å². The minimum atomic E-state index is -1.18. The molecule has 0 spiro atoms. The van der Waals surface area contributed by atoms with E-state index in [1.165, 1.54) is 30.3 Å². The van der Waals surface area contributed by atoms with Crippen molar-refractivity contribution in [3.05, 3.63) is 62.7 Å². The standard InChI is InChI=1S/C18H16ClN3O6/c19-15-9-11(1-3-13(15)18(24)25)20-17(23)14-10-12(22(26)27)2-4-16(14)21-5-7-28-8-6-21/h1-4,9-10H,5-8H2,(H,20,23)(H,24,25). The van der Waals surface area contributed by atoms with Crippen molar-refractivity contribution in [3.63, 3.8) is 0 Å². The van der Waals surface area contributed by atoms with Gasteiger partial charge in [-0.25, -0.2) is 4.79 Å². The zero-order valence-electron chi connectivity index (χ0n) is 14.6. The Kier molecular flexibility index (Phi) is 5.76. The molecule has 1 aliphatic heterocycles. The van der Waals surface area contributed by atoms with Crippen LogP contribution >= 0.6 is 11.6 Å². The second kappa shape index (κ2) is 8.24. The highest BCUT2D eigenvalue weighted by molar-refractivity contribution is 6.33. The van der Waals surface area contributed by atoms with Gasteiger partial charge in [0.15, 0.2) is 0 Å². The first kappa shape index (κ1) is 19.6. The van der Waals surface area contributed by atoms with E-state index in [2.05, 4.69) is 5.32 Å². The van der Waals surface area contributed by atoms with Crippen LogP contribution in [0.4, 0.5) is 17.1 Å². The highest BCUT2D eigenvalue weighted by Gasteiger charge is 2.22. The second-order valence-electron chi connectivity index (χ2n) is 6.01. The molecule has 0 saturated carbocycles. The Bertz CT molecular complexity index is 943. The van der Waals surface area contributed by atoms with Crippen molar-refractivity contribution in [3.8, 4) is 0 Å². The van der Waals surface area contributed by atoms with Crippen LogP contribution in [0.3, 0.4) is 0 Å². The first-order chi connectivity index (χ1) is 13.4. The van der Waals surface area contributed by atoms with Crippen LogP contribution in [0, 0.1) is 10.1 Å². The minimum Gasteiger partial charge on any atom is -0.478 e. The van der Waals surface area contributed by atoms with Crippen molar-refractivity contribution in [1.82, 2.24) is 0 Å². The van der Waals surface area contributed by atoms with Crippen LogP contribution in [0.5, 0.6) is 0 Å². The molecular formula is C18H16ClN3O6. The Morgan fingerprint density at radius 1 is 1.14 bits per heavy atom. The number of carbonyl (C=O) groups is 2. The Hall–Kier alpha value is -3.17. The number of morpholine rings is 1. The summed E-state index contributed by atoms with van der Waals surface area (Å²) in [6.07, 6.45) is 0. The van der Waals surface area contributed by atoms with Crippen LogP contribution < -0.4 is 10.2 Å². The molecule has 1 saturated heterocycles. The summed E-state index contributed by atoms with van der Waals surface area (Å²) in [5, 5.41) is 22.7. The number of anilines is 2. The van der Waals surface area contributed by atoms with Gasteiger partial charge in [-0.2, -0.15) is 0 Å². The van der Waals surface area contributed by atoms with E-state index in [0.29, 0.717) is 32.0 Å². The maximum absolute atomic E-state index is 12.8. The Balaban J connectivity index is 1.92. The number of nitro groups is 1. The summed E-state index contributed by atoms with van der Waals surface area (Å²) < 4.78 is 5.31. The molecule has 1 amide bonds. The molecule has 0 atom stereocenters. The van der Waals surface area contributed by atoms with Gasteiger partial charge < -0.3 is 20.1 Å². The fraction of sp³-hybridized carbons (Fsp3) is 0.222. The summed E-state index contributed by atoms with van der Waals surface area (Å²) >= 11 is 5.93. The van der Waals surface area contributed by atoms with Crippen molar-refractivity contribution < 1.29 is 24.4 Å². The summed E-state index contributed by atoms with van der Waals surface area (Å²) in [5.74, 6) is -1.75. The largest absolute Gasteiger partial charge is 0.478 e. The Morgan fingerprint density at radius 3 is 2.46 bits per heavy atom. The molecule has 2 N–H and O–H groups in total. The highest BCUT2D eigenvalue weighted by atomic mass is 35.5. The van der Waals surface area contributed by atoms with Crippen molar-refractivity contribution >= 4 is 40.5 Å². The second-order valence-corrected chi connectivity index (χ2v) is 6.42. The predicted molar refractivity (Wildman–Crippen MR) is 102 cm³/mol. The monoisotopic (exact) mass is 405 g/mol. The van der Waals surface area contributed by atoms with Crippen molar-refractivity contribution in [1.29, 1.82) is 0 Å². The summed E-state index contributed by atoms with van der Waals surface area (Å²) in [6.45, 7) is 2.09. The van der Waals surface area contributed by atoms with Crippen LogP contribution in [-0.2, 0) is 4.74 Å². The smallest absolute Gasteiger partial charge is 0.337 e. The van der Waals surface area contributed by atoms with Gasteiger partial charge in [-0.3, -0.25) is 14.9 Å². The number of benzene rings is 2. The molecule has 0 unspecified atom stereocenters. The molecule has 1 aliphatic rings. The zero-order valence-corrected chi connectivity index (χ0v) is 15.3. The normalized spacial score (nSPS) is 13.8. The van der Waals surface area contributed by atoms with Crippen LogP contribution in [-0.4, -0.2) is 48.2 Å². The average molecular weight is 406 g/mol. The molecule has 0 aromatic heterocycles. The van der Waals surface area contributed by atoms with Gasteiger partial charge in [-0.1, -0.05) is 11.6 Å². The molecular weight excluding hydrogens is 390 g/mol. The number of nitrogens with one attached hydrogen (secondary N) is 1. The number of hydrogen-bond acceptors (Lipinski definition) is 6. The van der Waals surface area contributed by atoms with Gasteiger partial charge in [-0.15, -0.1) is 0 Å². The third-order valence-electron chi connectivity index (χ3n) is 4.24. The SMILES string of the molecule is O=C(O)c1ccc(NC(=O)c2cc([N+](=O)[O-])ccc2N2CCOCC2)cc1Cl. The highest BCUT2D eigenvalue weighted by Crippen LogP contribution is 2.28. The molecule has 146 valence electrons. The number of amides is 1. The molecule has 1 fully saturated rings. The first-order valence-electron chi connectivity index (χ1n) is 8.32. The number of aromatic carboxylic acids is 1. The number of non-ortho nitro benzene ring substituents is 1. The van der Waals surface area contributed by atoms with Crippen LogP contribution in [0.25, 0.3) is 0 Å². The molecule has 0 bridgehead atoms. The number of carboxylic acid groups (broad SMARTS) is 1. The zero-order chi connectivity index (χ0) is 20.3. The number of hydrogen-bond donors (Lipinski definition) is 2. The number of nitro benzene ring substituents is 1. The van der Waals surface area contributed by atoms with Crippen LogP contribution in [0.2, 0.25) is 5.02 Å². The number of ether oxygens (including phenoxy) is 1. The molecule has 28 heavy (non-hydrogen) atoms. The molecule has 9 nitrogen and oxygen atoms in total. The van der Waals surface area contributed by atoms with Gasteiger partial charge in [0.1, 0.15) is 0 Å². The van der Waals surface area contributed by atoms with E-state index in [9.17, 15) is 19.7 Å². The van der Waals surface area contributed by atoms with E-state index in [4.69, 9.17) is 21.4 Å². The predicted octanol–water partition coefficient (Wildman–Crippen LogP) is 3.04. The average Bonchev–Trinajstić information content (AvgIpc) is 2.68. The van der Waals surface area contributed by atoms with E-state index < -0.39 is 16.8 Å². The van der Waals surface area contributed by atoms with Gasteiger partial charge >= 0.3 is 5.97 Å². The molecule has 3 rings (SSSR count). The van der Waals surface area contributed by atoms with Crippen molar-refractivity contribution in [2.45, 2.75) is 0 Å². The maximum Gasteiger partial charge on any atom is 0.337 e. The van der Waals surface area contributed by atoms with Gasteiger partial charge in [0, 0.05) is 30.9 Å². The molecule has 2 aromatic rings. The fourth-order valence-corrected chi connectivity index (χ4v) is 3.13. The molecule has 0 aliphatic carbocycles. The number of carbonyl (C=O) groups excluding carboxylic acids is 1. The molecule has 2 aromatic carbocycles. The van der Waals surface area contributed by atoms with Crippen LogP contribution in [0.1, 0.15) is 20.7 Å². The van der Waals surface area contributed by atoms with Gasteiger partial charge in [0.25, 0.3) is 11.6 Å². The first-order valence-corrected chi connectivity index (χ1v) is 8.70. The number of carboxylic acids is 1. The topological polar surface area (TPSA) is 122 Å². The quantitative estimate of drug-likeness (QED) is 0.579. The fourth-order valence-electron chi connectivity index (χ4n) is 2.86. The van der Waals surface area contributed by atoms with Gasteiger partial charge in [0.2, 0.25) is 0 Å².